The second-order valence-electron chi connectivity index (χ2n) is 3.21. The fourth-order valence-electron chi connectivity index (χ4n) is 1.04. The second kappa shape index (κ2) is 7.00. The number of nitrogens with zero attached hydrogens (tertiary/aromatic N) is 2. The van der Waals surface area contributed by atoms with Gasteiger partial charge in [-0.3, -0.25) is 4.79 Å². The predicted molar refractivity (Wildman–Crippen MR) is 71.7 cm³/mol. The molecule has 94 valence electrons. The number of carbonyl (C=O) groups is 1. The monoisotopic (exact) mass is 294 g/mol. The highest BCUT2D eigenvalue weighted by molar-refractivity contribution is 7.98. The number of amides is 1. The van der Waals surface area contributed by atoms with E-state index < -0.39 is 6.04 Å². The third-order valence-corrected chi connectivity index (χ3v) is 3.19. The van der Waals surface area contributed by atoms with Gasteiger partial charge in [0, 0.05) is 0 Å². The van der Waals surface area contributed by atoms with Crippen molar-refractivity contribution in [1.29, 1.82) is 0 Å². The summed E-state index contributed by atoms with van der Waals surface area (Å²) in [6.07, 6.45) is 3.74. The molecule has 1 aromatic heterocycles. The van der Waals surface area contributed by atoms with Crippen LogP contribution in [0.3, 0.4) is 0 Å². The number of nitrogens with one attached hydrogen (secondary N) is 1. The summed E-state index contributed by atoms with van der Waals surface area (Å²) in [5.74, 6) is 0.457. The average Bonchev–Trinajstić information content (AvgIpc) is 2.30. The summed E-state index contributed by atoms with van der Waals surface area (Å²) in [4.78, 5) is 19.2. The molecular weight excluding hydrogens is 283 g/mol. The minimum atomic E-state index is -0.602. The van der Waals surface area contributed by atoms with Crippen LogP contribution in [0.2, 0.25) is 10.3 Å². The van der Waals surface area contributed by atoms with E-state index in [0.29, 0.717) is 6.42 Å². The van der Waals surface area contributed by atoms with Crippen LogP contribution in [0.1, 0.15) is 6.42 Å². The second-order valence-corrected chi connectivity index (χ2v) is 4.91. The van der Waals surface area contributed by atoms with Crippen LogP contribution in [0, 0.1) is 0 Å². The van der Waals surface area contributed by atoms with E-state index in [9.17, 15) is 4.79 Å². The standard InChI is InChI=1S/C9H12Cl2N4OS/c1-17-3-2-5(12)9(16)15-6-7(10)13-4-14-8(6)11/h4-5H,2-3,12H2,1H3,(H,15,16)/t5-/m1/s1. The fourth-order valence-corrected chi connectivity index (χ4v) is 1.94. The predicted octanol–water partition coefficient (Wildman–Crippen LogP) is 1.80. The van der Waals surface area contributed by atoms with Crippen molar-refractivity contribution < 1.29 is 4.79 Å². The fraction of sp³-hybridized carbons (Fsp3) is 0.444. The lowest BCUT2D eigenvalue weighted by Crippen LogP contribution is -2.36. The number of rotatable bonds is 5. The maximum Gasteiger partial charge on any atom is 0.241 e. The van der Waals surface area contributed by atoms with Gasteiger partial charge in [0.25, 0.3) is 0 Å². The van der Waals surface area contributed by atoms with E-state index in [1.54, 1.807) is 11.8 Å². The van der Waals surface area contributed by atoms with Crippen LogP contribution in [-0.4, -0.2) is 33.9 Å². The summed E-state index contributed by atoms with van der Waals surface area (Å²) < 4.78 is 0. The van der Waals surface area contributed by atoms with Crippen molar-refractivity contribution in [2.24, 2.45) is 5.73 Å². The van der Waals surface area contributed by atoms with Gasteiger partial charge in [0.1, 0.15) is 12.0 Å². The topological polar surface area (TPSA) is 80.9 Å². The highest BCUT2D eigenvalue weighted by Gasteiger charge is 2.17. The lowest BCUT2D eigenvalue weighted by molar-refractivity contribution is -0.117. The van der Waals surface area contributed by atoms with Crippen LogP contribution < -0.4 is 11.1 Å². The number of hydrogen-bond acceptors (Lipinski definition) is 5. The quantitative estimate of drug-likeness (QED) is 0.810. The Bertz CT molecular complexity index is 384. The van der Waals surface area contributed by atoms with Gasteiger partial charge < -0.3 is 11.1 Å². The number of carbonyl (C=O) groups excluding carboxylic acids is 1. The highest BCUT2D eigenvalue weighted by atomic mass is 35.5. The number of hydrogen-bond donors (Lipinski definition) is 2. The molecule has 0 radical (unpaired) electrons. The van der Waals surface area contributed by atoms with Crippen LogP contribution in [-0.2, 0) is 4.79 Å². The maximum absolute atomic E-state index is 11.7. The molecule has 0 unspecified atom stereocenters. The summed E-state index contributed by atoms with van der Waals surface area (Å²) in [6, 6.07) is -0.602. The summed E-state index contributed by atoms with van der Waals surface area (Å²) in [7, 11) is 0. The largest absolute Gasteiger partial charge is 0.320 e. The zero-order chi connectivity index (χ0) is 12.8. The minimum absolute atomic E-state index is 0.0930. The Morgan fingerprint density at radius 2 is 2.12 bits per heavy atom. The van der Waals surface area contributed by atoms with Gasteiger partial charge in [-0.25, -0.2) is 9.97 Å². The van der Waals surface area contributed by atoms with E-state index in [4.69, 9.17) is 28.9 Å². The summed E-state index contributed by atoms with van der Waals surface area (Å²) in [6.45, 7) is 0. The van der Waals surface area contributed by atoms with E-state index in [0.717, 1.165) is 5.75 Å². The van der Waals surface area contributed by atoms with Crippen molar-refractivity contribution in [3.8, 4) is 0 Å². The first-order valence-corrected chi connectivity index (χ1v) is 6.92. The first-order chi connectivity index (χ1) is 8.06. The van der Waals surface area contributed by atoms with Crippen LogP contribution in [0.5, 0.6) is 0 Å². The molecule has 0 aliphatic rings. The van der Waals surface area contributed by atoms with Gasteiger partial charge in [0.15, 0.2) is 10.3 Å². The molecule has 5 nitrogen and oxygen atoms in total. The Morgan fingerprint density at radius 1 is 1.53 bits per heavy atom. The van der Waals surface area contributed by atoms with Crippen molar-refractivity contribution in [3.63, 3.8) is 0 Å². The van der Waals surface area contributed by atoms with Gasteiger partial charge in [-0.15, -0.1) is 0 Å². The van der Waals surface area contributed by atoms with Gasteiger partial charge in [0.2, 0.25) is 5.91 Å². The van der Waals surface area contributed by atoms with Crippen molar-refractivity contribution in [1.82, 2.24) is 9.97 Å². The smallest absolute Gasteiger partial charge is 0.241 e. The molecule has 0 spiro atoms. The van der Waals surface area contributed by atoms with Gasteiger partial charge in [-0.1, -0.05) is 23.2 Å². The number of halogens is 2. The van der Waals surface area contributed by atoms with Crippen molar-refractivity contribution >= 4 is 46.6 Å². The Hall–Kier alpha value is -0.560. The van der Waals surface area contributed by atoms with Gasteiger partial charge in [-0.05, 0) is 18.4 Å². The molecular formula is C9H12Cl2N4OS. The first kappa shape index (κ1) is 14.5. The zero-order valence-electron chi connectivity index (χ0n) is 9.11. The summed E-state index contributed by atoms with van der Waals surface area (Å²) in [5.41, 5.74) is 5.89. The maximum atomic E-state index is 11.7. The van der Waals surface area contributed by atoms with Crippen molar-refractivity contribution in [2.75, 3.05) is 17.3 Å². The molecule has 8 heteroatoms. The summed E-state index contributed by atoms with van der Waals surface area (Å²) >= 11 is 13.2. The zero-order valence-corrected chi connectivity index (χ0v) is 11.4. The van der Waals surface area contributed by atoms with E-state index in [1.165, 1.54) is 6.33 Å². The van der Waals surface area contributed by atoms with Crippen LogP contribution in [0.25, 0.3) is 0 Å². The molecule has 0 aliphatic heterocycles. The van der Waals surface area contributed by atoms with E-state index in [2.05, 4.69) is 15.3 Å². The van der Waals surface area contributed by atoms with Crippen LogP contribution in [0.4, 0.5) is 5.69 Å². The normalized spacial score (nSPS) is 12.2. The van der Waals surface area contributed by atoms with Crippen LogP contribution in [0.15, 0.2) is 6.33 Å². The number of nitrogens with two attached hydrogens (primary N) is 1. The average molecular weight is 295 g/mol. The molecule has 1 rings (SSSR count). The van der Waals surface area contributed by atoms with Gasteiger partial charge in [0.05, 0.1) is 6.04 Å². The lowest BCUT2D eigenvalue weighted by atomic mass is 10.2. The van der Waals surface area contributed by atoms with E-state index in [1.807, 2.05) is 6.26 Å². The first-order valence-electron chi connectivity index (χ1n) is 4.77. The molecule has 3 N–H and O–H groups in total. The minimum Gasteiger partial charge on any atom is -0.320 e. The van der Waals surface area contributed by atoms with Gasteiger partial charge in [-0.2, -0.15) is 11.8 Å². The SMILES string of the molecule is CSCC[C@@H](N)C(=O)Nc1c(Cl)ncnc1Cl. The molecule has 1 atom stereocenters. The molecule has 1 amide bonds. The number of thioether (sulfide) groups is 1. The Kier molecular flexibility index (Phi) is 5.97. The van der Waals surface area contributed by atoms with Crippen molar-refractivity contribution in [2.45, 2.75) is 12.5 Å². The Labute approximate surface area is 113 Å². The number of anilines is 1. The molecule has 0 aliphatic carbocycles. The van der Waals surface area contributed by atoms with E-state index in [-0.39, 0.29) is 21.9 Å². The highest BCUT2D eigenvalue weighted by Crippen LogP contribution is 2.25. The molecule has 0 bridgehead atoms. The molecule has 0 saturated carbocycles. The Morgan fingerprint density at radius 3 is 2.65 bits per heavy atom. The molecule has 1 heterocycles. The number of aromatic nitrogens is 2. The van der Waals surface area contributed by atoms with Crippen molar-refractivity contribution in [3.05, 3.63) is 16.6 Å². The molecule has 0 saturated heterocycles. The lowest BCUT2D eigenvalue weighted by Gasteiger charge is -2.12. The van der Waals surface area contributed by atoms with E-state index >= 15 is 0 Å². The third-order valence-electron chi connectivity index (χ3n) is 1.97. The molecule has 0 fully saturated rings. The Balaban J connectivity index is 2.68. The summed E-state index contributed by atoms with van der Waals surface area (Å²) in [5, 5.41) is 2.71. The molecule has 1 aromatic rings. The molecule has 0 aromatic carbocycles. The third kappa shape index (κ3) is 4.31. The molecule has 17 heavy (non-hydrogen) atoms. The van der Waals surface area contributed by atoms with Crippen LogP contribution >= 0.6 is 35.0 Å². The van der Waals surface area contributed by atoms with Gasteiger partial charge >= 0.3 is 0 Å².